The smallest absolute Gasteiger partial charge is 0.251 e. The molecule has 2 aromatic carbocycles. The Balaban J connectivity index is 1.28. The first-order chi connectivity index (χ1) is 16.6. The highest BCUT2D eigenvalue weighted by Gasteiger charge is 2.15. The molecule has 1 aliphatic rings. The average molecular weight is 495 g/mol. The number of nitrogens with zero attached hydrogens (tertiary/aromatic N) is 3. The van der Waals surface area contributed by atoms with Crippen molar-refractivity contribution >= 4 is 35.1 Å². The van der Waals surface area contributed by atoms with Gasteiger partial charge in [-0.2, -0.15) is 0 Å². The van der Waals surface area contributed by atoms with Crippen LogP contribution >= 0.6 is 23.4 Å². The van der Waals surface area contributed by atoms with Crippen molar-refractivity contribution in [2.75, 3.05) is 18.0 Å². The summed E-state index contributed by atoms with van der Waals surface area (Å²) in [6.07, 6.45) is 5.51. The quantitative estimate of drug-likeness (QED) is 0.219. The van der Waals surface area contributed by atoms with E-state index in [1.807, 2.05) is 48.5 Å². The Morgan fingerprint density at radius 1 is 1.03 bits per heavy atom. The van der Waals surface area contributed by atoms with Gasteiger partial charge in [0.25, 0.3) is 5.91 Å². The van der Waals surface area contributed by atoms with Gasteiger partial charge in [0.05, 0.1) is 0 Å². The molecule has 5 nitrogen and oxygen atoms in total. The fourth-order valence-corrected chi connectivity index (χ4v) is 5.08. The molecule has 0 radical (unpaired) electrons. The number of anilines is 1. The van der Waals surface area contributed by atoms with Gasteiger partial charge in [-0.25, -0.2) is 9.97 Å². The Hall–Kier alpha value is -2.57. The first kappa shape index (κ1) is 24.6. The van der Waals surface area contributed by atoms with Crippen LogP contribution in [0.25, 0.3) is 0 Å². The summed E-state index contributed by atoms with van der Waals surface area (Å²) >= 11 is 7.83. The molecular formula is C27H31ClN4OS. The Bertz CT molecular complexity index is 1070. The number of amides is 1. The van der Waals surface area contributed by atoms with E-state index in [1.165, 1.54) is 24.8 Å². The van der Waals surface area contributed by atoms with Crippen molar-refractivity contribution in [3.05, 3.63) is 82.5 Å². The first-order valence-corrected chi connectivity index (χ1v) is 13.3. The number of nitrogens with one attached hydrogen (secondary N) is 1. The fourth-order valence-electron chi connectivity index (χ4n) is 4.04. The molecule has 0 saturated carbocycles. The van der Waals surface area contributed by atoms with Crippen LogP contribution in [0.5, 0.6) is 0 Å². The lowest BCUT2D eigenvalue weighted by atomic mass is 10.1. The third-order valence-electron chi connectivity index (χ3n) is 6.01. The van der Waals surface area contributed by atoms with Crippen molar-refractivity contribution < 1.29 is 4.79 Å². The summed E-state index contributed by atoms with van der Waals surface area (Å²) in [5.74, 6) is 1.59. The maximum absolute atomic E-state index is 12.6. The molecule has 1 aromatic heterocycles. The number of piperidine rings is 1. The van der Waals surface area contributed by atoms with E-state index in [0.717, 1.165) is 43.1 Å². The molecule has 1 aliphatic heterocycles. The molecule has 34 heavy (non-hydrogen) atoms. The zero-order valence-corrected chi connectivity index (χ0v) is 21.1. The molecule has 3 aromatic rings. The van der Waals surface area contributed by atoms with Crippen LogP contribution in [-0.2, 0) is 12.2 Å². The molecule has 0 aliphatic carbocycles. The van der Waals surface area contributed by atoms with Gasteiger partial charge in [0.2, 0.25) is 0 Å². The molecular weight excluding hydrogens is 464 g/mol. The molecule has 1 saturated heterocycles. The molecule has 178 valence electrons. The SMILES string of the molecule is CC(CCc1ccccc1)NC(=O)c1ccc(CSc2nc(Cl)cc(N3CCCCC3)n2)cc1. The van der Waals surface area contributed by atoms with Gasteiger partial charge in [0.1, 0.15) is 11.0 Å². The number of aromatic nitrogens is 2. The minimum atomic E-state index is -0.0379. The number of thioether (sulfide) groups is 1. The number of benzene rings is 2. The summed E-state index contributed by atoms with van der Waals surface area (Å²) in [5, 5.41) is 4.26. The molecule has 7 heteroatoms. The van der Waals surface area contributed by atoms with Gasteiger partial charge in [0, 0.05) is 36.5 Å². The second kappa shape index (κ2) is 12.2. The molecule has 0 bridgehead atoms. The average Bonchev–Trinajstić information content (AvgIpc) is 2.87. The van der Waals surface area contributed by atoms with E-state index < -0.39 is 0 Å². The monoisotopic (exact) mass is 494 g/mol. The zero-order chi connectivity index (χ0) is 23.8. The highest BCUT2D eigenvalue weighted by molar-refractivity contribution is 7.98. The van der Waals surface area contributed by atoms with Crippen LogP contribution in [0.1, 0.15) is 54.1 Å². The third-order valence-corrected chi connectivity index (χ3v) is 7.12. The van der Waals surface area contributed by atoms with Gasteiger partial charge in [-0.15, -0.1) is 0 Å². The predicted octanol–water partition coefficient (Wildman–Crippen LogP) is 6.16. The van der Waals surface area contributed by atoms with E-state index in [9.17, 15) is 4.79 Å². The van der Waals surface area contributed by atoms with Crippen molar-refractivity contribution in [1.82, 2.24) is 15.3 Å². The van der Waals surface area contributed by atoms with Crippen molar-refractivity contribution in [3.8, 4) is 0 Å². The number of aryl methyl sites for hydroxylation is 1. The van der Waals surface area contributed by atoms with Crippen molar-refractivity contribution in [2.45, 2.75) is 56.0 Å². The minimum absolute atomic E-state index is 0.0379. The molecule has 1 fully saturated rings. The van der Waals surface area contributed by atoms with E-state index in [1.54, 1.807) is 11.8 Å². The third kappa shape index (κ3) is 7.21. The van der Waals surface area contributed by atoms with Crippen molar-refractivity contribution in [3.63, 3.8) is 0 Å². The molecule has 0 spiro atoms. The first-order valence-electron chi connectivity index (χ1n) is 11.9. The maximum Gasteiger partial charge on any atom is 0.251 e. The van der Waals surface area contributed by atoms with Gasteiger partial charge in [-0.1, -0.05) is 65.8 Å². The topological polar surface area (TPSA) is 58.1 Å². The number of hydrogen-bond acceptors (Lipinski definition) is 5. The summed E-state index contributed by atoms with van der Waals surface area (Å²) in [6.45, 7) is 4.09. The van der Waals surface area contributed by atoms with Crippen LogP contribution in [-0.4, -0.2) is 35.0 Å². The molecule has 1 atom stereocenters. The number of carbonyl (C=O) groups is 1. The van der Waals surface area contributed by atoms with Gasteiger partial charge < -0.3 is 10.2 Å². The summed E-state index contributed by atoms with van der Waals surface area (Å²) in [7, 11) is 0. The molecule has 1 N–H and O–H groups in total. The van der Waals surface area contributed by atoms with E-state index in [-0.39, 0.29) is 11.9 Å². The van der Waals surface area contributed by atoms with Crippen LogP contribution in [0.15, 0.2) is 65.8 Å². The van der Waals surface area contributed by atoms with Crippen LogP contribution in [0.4, 0.5) is 5.82 Å². The summed E-state index contributed by atoms with van der Waals surface area (Å²) in [6, 6.07) is 20.1. The number of rotatable bonds is 9. The lowest BCUT2D eigenvalue weighted by Crippen LogP contribution is -2.32. The largest absolute Gasteiger partial charge is 0.356 e. The number of halogens is 1. The fraction of sp³-hybridized carbons (Fsp3) is 0.370. The standard InChI is InChI=1S/C27H31ClN4OS/c1-20(10-11-21-8-4-2-5-9-21)29-26(33)23-14-12-22(13-15-23)19-34-27-30-24(28)18-25(31-27)32-16-6-3-7-17-32/h2,4-5,8-9,12-15,18,20H,3,6-7,10-11,16-17,19H2,1H3,(H,29,33). The van der Waals surface area contributed by atoms with E-state index in [4.69, 9.17) is 16.6 Å². The van der Waals surface area contributed by atoms with Crippen LogP contribution in [0, 0.1) is 0 Å². The zero-order valence-electron chi connectivity index (χ0n) is 19.5. The number of carbonyl (C=O) groups excluding carboxylic acids is 1. The molecule has 4 rings (SSSR count). The van der Waals surface area contributed by atoms with Crippen molar-refractivity contribution in [2.24, 2.45) is 0 Å². The van der Waals surface area contributed by atoms with Gasteiger partial charge in [-0.05, 0) is 62.3 Å². The Kier molecular flexibility index (Phi) is 8.83. The Morgan fingerprint density at radius 2 is 1.76 bits per heavy atom. The van der Waals surface area contributed by atoms with Crippen LogP contribution in [0.2, 0.25) is 5.15 Å². The Labute approximate surface area is 211 Å². The van der Waals surface area contributed by atoms with Gasteiger partial charge >= 0.3 is 0 Å². The van der Waals surface area contributed by atoms with Gasteiger partial charge in [0.15, 0.2) is 5.16 Å². The summed E-state index contributed by atoms with van der Waals surface area (Å²) < 4.78 is 0. The highest BCUT2D eigenvalue weighted by Crippen LogP contribution is 2.26. The molecule has 1 unspecified atom stereocenters. The summed E-state index contributed by atoms with van der Waals surface area (Å²) in [4.78, 5) is 24.0. The van der Waals surface area contributed by atoms with E-state index in [2.05, 4.69) is 34.3 Å². The lowest BCUT2D eigenvalue weighted by Gasteiger charge is -2.27. The molecule has 1 amide bonds. The summed E-state index contributed by atoms with van der Waals surface area (Å²) in [5.41, 5.74) is 3.07. The number of hydrogen-bond donors (Lipinski definition) is 1. The highest BCUT2D eigenvalue weighted by atomic mass is 35.5. The maximum atomic E-state index is 12.6. The van der Waals surface area contributed by atoms with Crippen LogP contribution in [0.3, 0.4) is 0 Å². The normalized spacial score (nSPS) is 14.6. The lowest BCUT2D eigenvalue weighted by molar-refractivity contribution is 0.0938. The van der Waals surface area contributed by atoms with E-state index in [0.29, 0.717) is 15.9 Å². The molecule has 2 heterocycles. The minimum Gasteiger partial charge on any atom is -0.356 e. The van der Waals surface area contributed by atoms with Gasteiger partial charge in [-0.3, -0.25) is 4.79 Å². The second-order valence-electron chi connectivity index (χ2n) is 8.76. The second-order valence-corrected chi connectivity index (χ2v) is 10.1. The predicted molar refractivity (Wildman–Crippen MR) is 141 cm³/mol. The van der Waals surface area contributed by atoms with E-state index >= 15 is 0 Å². The van der Waals surface area contributed by atoms with Crippen LogP contribution < -0.4 is 10.2 Å². The van der Waals surface area contributed by atoms with Crippen molar-refractivity contribution in [1.29, 1.82) is 0 Å². The Morgan fingerprint density at radius 3 is 2.50 bits per heavy atom.